The number of fused-ring (bicyclic) bond motifs is 2. The zero-order valence-corrected chi connectivity index (χ0v) is 13.0. The molecule has 1 aromatic carbocycles. The first-order chi connectivity index (χ1) is 10.0. The summed E-state index contributed by atoms with van der Waals surface area (Å²) >= 11 is 0. The van der Waals surface area contributed by atoms with Crippen molar-refractivity contribution in [1.29, 1.82) is 0 Å². The van der Waals surface area contributed by atoms with Gasteiger partial charge in [0.05, 0.1) is 6.61 Å². The summed E-state index contributed by atoms with van der Waals surface area (Å²) in [5, 5.41) is 0. The molecule has 0 radical (unpaired) electrons. The van der Waals surface area contributed by atoms with Gasteiger partial charge in [0.25, 0.3) is 6.47 Å². The molecule has 0 heterocycles. The lowest BCUT2D eigenvalue weighted by atomic mass is 9.70. The van der Waals surface area contributed by atoms with Crippen LogP contribution >= 0.6 is 0 Å². The standard InChI is InChI=1S/C18H24O3/c1-17(2)14-9-10-18(17,3)16(15(14)21-12-19)20-11-13-7-5-4-6-8-13/h4-8,12,14-16H,9-11H2,1-3H3/t14-,15+,16+,18-/m0/s1. The van der Waals surface area contributed by atoms with Gasteiger partial charge >= 0.3 is 0 Å². The number of hydrogen-bond acceptors (Lipinski definition) is 3. The van der Waals surface area contributed by atoms with Crippen molar-refractivity contribution in [2.75, 3.05) is 0 Å². The summed E-state index contributed by atoms with van der Waals surface area (Å²) in [5.74, 6) is 0.397. The van der Waals surface area contributed by atoms with E-state index in [1.54, 1.807) is 0 Å². The molecule has 2 bridgehead atoms. The van der Waals surface area contributed by atoms with E-state index in [1.807, 2.05) is 18.2 Å². The van der Waals surface area contributed by atoms with Crippen LogP contribution in [0.15, 0.2) is 30.3 Å². The minimum Gasteiger partial charge on any atom is -0.461 e. The fraction of sp³-hybridized carbons (Fsp3) is 0.611. The lowest BCUT2D eigenvalue weighted by Crippen LogP contribution is -2.42. The fourth-order valence-electron chi connectivity index (χ4n) is 4.49. The third-order valence-electron chi connectivity index (χ3n) is 6.18. The molecule has 2 aliphatic carbocycles. The van der Waals surface area contributed by atoms with E-state index in [9.17, 15) is 4.79 Å². The van der Waals surface area contributed by atoms with Crippen molar-refractivity contribution in [3.05, 3.63) is 35.9 Å². The molecule has 2 fully saturated rings. The second kappa shape index (κ2) is 5.13. The highest BCUT2D eigenvalue weighted by atomic mass is 16.6. The van der Waals surface area contributed by atoms with Crippen LogP contribution in [0.3, 0.4) is 0 Å². The lowest BCUT2D eigenvalue weighted by Gasteiger charge is -2.39. The van der Waals surface area contributed by atoms with Crippen LogP contribution < -0.4 is 0 Å². The molecule has 3 heteroatoms. The average molecular weight is 288 g/mol. The summed E-state index contributed by atoms with van der Waals surface area (Å²) in [4.78, 5) is 10.9. The van der Waals surface area contributed by atoms with Gasteiger partial charge in [-0.25, -0.2) is 0 Å². The highest BCUT2D eigenvalue weighted by molar-refractivity contribution is 5.38. The van der Waals surface area contributed by atoms with Crippen molar-refractivity contribution in [3.63, 3.8) is 0 Å². The van der Waals surface area contributed by atoms with E-state index in [2.05, 4.69) is 32.9 Å². The van der Waals surface area contributed by atoms with E-state index >= 15 is 0 Å². The van der Waals surface area contributed by atoms with Gasteiger partial charge in [-0.3, -0.25) is 4.79 Å². The van der Waals surface area contributed by atoms with Crippen LogP contribution in [0.25, 0.3) is 0 Å². The van der Waals surface area contributed by atoms with Crippen LogP contribution in [-0.4, -0.2) is 18.7 Å². The summed E-state index contributed by atoms with van der Waals surface area (Å²) in [7, 11) is 0. The Morgan fingerprint density at radius 1 is 1.24 bits per heavy atom. The van der Waals surface area contributed by atoms with Crippen LogP contribution in [0.2, 0.25) is 0 Å². The van der Waals surface area contributed by atoms with Gasteiger partial charge in [0, 0.05) is 11.3 Å². The minimum atomic E-state index is -0.111. The molecule has 2 saturated carbocycles. The van der Waals surface area contributed by atoms with Crippen LogP contribution in [0.4, 0.5) is 0 Å². The topological polar surface area (TPSA) is 35.5 Å². The SMILES string of the molecule is CC1(C)[C@H]2CC[C@@]1(C)[C@H](OCc1ccccc1)[C@@H]2OC=O. The quantitative estimate of drug-likeness (QED) is 0.777. The minimum absolute atomic E-state index is 0.0170. The summed E-state index contributed by atoms with van der Waals surface area (Å²) in [6.07, 6.45) is 2.13. The van der Waals surface area contributed by atoms with Crippen molar-refractivity contribution in [2.45, 2.75) is 52.4 Å². The number of benzene rings is 1. The highest BCUT2D eigenvalue weighted by Gasteiger charge is 2.67. The molecule has 0 aliphatic heterocycles. The first-order valence-electron chi connectivity index (χ1n) is 7.75. The van der Waals surface area contributed by atoms with Gasteiger partial charge in [-0.05, 0) is 23.8 Å². The fourth-order valence-corrected chi connectivity index (χ4v) is 4.49. The maximum atomic E-state index is 10.9. The number of rotatable bonds is 5. The number of hydrogen-bond donors (Lipinski definition) is 0. The van der Waals surface area contributed by atoms with Crippen molar-refractivity contribution < 1.29 is 14.3 Å². The molecular weight excluding hydrogens is 264 g/mol. The molecule has 114 valence electrons. The molecule has 0 N–H and O–H groups in total. The Kier molecular flexibility index (Phi) is 3.56. The molecule has 2 aliphatic rings. The lowest BCUT2D eigenvalue weighted by molar-refractivity contribution is -0.153. The maximum absolute atomic E-state index is 10.9. The molecule has 0 spiro atoms. The molecule has 3 rings (SSSR count). The molecular formula is C18H24O3. The summed E-state index contributed by atoms with van der Waals surface area (Å²) in [6.45, 7) is 8.03. The molecule has 0 unspecified atom stereocenters. The molecule has 0 amide bonds. The van der Waals surface area contributed by atoms with Crippen molar-refractivity contribution in [3.8, 4) is 0 Å². The Morgan fingerprint density at radius 2 is 1.95 bits per heavy atom. The van der Waals surface area contributed by atoms with Gasteiger partial charge in [0.1, 0.15) is 12.2 Å². The van der Waals surface area contributed by atoms with E-state index in [0.717, 1.165) is 18.4 Å². The highest BCUT2D eigenvalue weighted by Crippen LogP contribution is 2.66. The smallest absolute Gasteiger partial charge is 0.293 e. The van der Waals surface area contributed by atoms with Gasteiger partial charge in [-0.1, -0.05) is 51.1 Å². The van der Waals surface area contributed by atoms with E-state index in [-0.39, 0.29) is 23.0 Å². The Labute approximate surface area is 126 Å². The van der Waals surface area contributed by atoms with Crippen molar-refractivity contribution in [1.82, 2.24) is 0 Å². The van der Waals surface area contributed by atoms with Crippen LogP contribution in [-0.2, 0) is 20.9 Å². The second-order valence-corrected chi connectivity index (χ2v) is 7.20. The number of carbonyl (C=O) groups is 1. The van der Waals surface area contributed by atoms with E-state index in [0.29, 0.717) is 19.0 Å². The van der Waals surface area contributed by atoms with Crippen LogP contribution in [0, 0.1) is 16.7 Å². The first-order valence-corrected chi connectivity index (χ1v) is 7.75. The van der Waals surface area contributed by atoms with Gasteiger partial charge in [0.15, 0.2) is 0 Å². The van der Waals surface area contributed by atoms with Crippen LogP contribution in [0.1, 0.15) is 39.2 Å². The Morgan fingerprint density at radius 3 is 2.62 bits per heavy atom. The third kappa shape index (κ3) is 2.10. The predicted octanol–water partition coefficient (Wildman–Crippen LogP) is 3.57. The summed E-state index contributed by atoms with van der Waals surface area (Å²) in [5.41, 5.74) is 1.37. The van der Waals surface area contributed by atoms with Crippen LogP contribution in [0.5, 0.6) is 0 Å². The van der Waals surface area contributed by atoms with Gasteiger partial charge < -0.3 is 9.47 Å². The van der Waals surface area contributed by atoms with E-state index in [4.69, 9.17) is 9.47 Å². The first kappa shape index (κ1) is 14.6. The Hall–Kier alpha value is -1.35. The van der Waals surface area contributed by atoms with E-state index in [1.165, 1.54) is 0 Å². The monoisotopic (exact) mass is 288 g/mol. The molecule has 21 heavy (non-hydrogen) atoms. The molecule has 0 aromatic heterocycles. The Balaban J connectivity index is 1.80. The van der Waals surface area contributed by atoms with Crippen molar-refractivity contribution >= 4 is 6.47 Å². The average Bonchev–Trinajstić information content (AvgIpc) is 2.78. The maximum Gasteiger partial charge on any atom is 0.293 e. The second-order valence-electron chi connectivity index (χ2n) is 7.20. The Bertz CT molecular complexity index is 510. The molecule has 4 atom stereocenters. The molecule has 0 saturated heterocycles. The number of carbonyl (C=O) groups excluding carboxylic acids is 1. The summed E-state index contributed by atoms with van der Waals surface area (Å²) in [6, 6.07) is 10.2. The zero-order chi connectivity index (χ0) is 15.1. The molecule has 1 aromatic rings. The number of ether oxygens (including phenoxy) is 2. The normalized spacial score (nSPS) is 36.6. The third-order valence-corrected chi connectivity index (χ3v) is 6.18. The van der Waals surface area contributed by atoms with E-state index < -0.39 is 0 Å². The van der Waals surface area contributed by atoms with Gasteiger partial charge in [0.2, 0.25) is 0 Å². The summed E-state index contributed by atoms with van der Waals surface area (Å²) < 4.78 is 11.7. The van der Waals surface area contributed by atoms with Crippen molar-refractivity contribution in [2.24, 2.45) is 16.7 Å². The molecule has 3 nitrogen and oxygen atoms in total. The van der Waals surface area contributed by atoms with Gasteiger partial charge in [-0.15, -0.1) is 0 Å². The predicted molar refractivity (Wildman–Crippen MR) is 80.6 cm³/mol. The largest absolute Gasteiger partial charge is 0.461 e. The zero-order valence-electron chi connectivity index (χ0n) is 13.0. The van der Waals surface area contributed by atoms with Gasteiger partial charge in [-0.2, -0.15) is 0 Å².